The molecule has 0 radical (unpaired) electrons. The number of hydrogen-bond acceptors (Lipinski definition) is 3. The van der Waals surface area contributed by atoms with Crippen LogP contribution in [0.4, 0.5) is 0 Å². The maximum Gasteiger partial charge on any atom is 0.118 e. The van der Waals surface area contributed by atoms with Crippen LogP contribution < -0.4 is 9.84 Å². The van der Waals surface area contributed by atoms with Crippen LogP contribution in [0.1, 0.15) is 31.3 Å². The van der Waals surface area contributed by atoms with Gasteiger partial charge in [-0.05, 0) is 44.5 Å². The van der Waals surface area contributed by atoms with Crippen molar-refractivity contribution in [2.24, 2.45) is 0 Å². The summed E-state index contributed by atoms with van der Waals surface area (Å²) in [5, 5.41) is 12.9. The average molecular weight is 322 g/mol. The average Bonchev–Trinajstić information content (AvgIpc) is 2.90. The first kappa shape index (κ1) is 16.1. The summed E-state index contributed by atoms with van der Waals surface area (Å²) in [5.41, 5.74) is 2.21. The number of hydrogen-bond donors (Lipinski definition) is 0. The van der Waals surface area contributed by atoms with Gasteiger partial charge in [-0.25, -0.2) is 0 Å². The summed E-state index contributed by atoms with van der Waals surface area (Å²) in [6.07, 6.45) is 0. The number of benzene rings is 2. The van der Waals surface area contributed by atoms with Crippen LogP contribution in [0.15, 0.2) is 48.5 Å². The number of carboxylic acid groups (broad SMARTS) is 1. The van der Waals surface area contributed by atoms with Gasteiger partial charge >= 0.3 is 0 Å². The lowest BCUT2D eigenvalue weighted by molar-refractivity contribution is -0.255. The minimum absolute atomic E-state index is 0.203. The molecule has 0 atom stereocenters. The number of methoxy groups -OCH3 is 1. The highest BCUT2D eigenvalue weighted by Gasteiger charge is 2.25. The Kier molecular flexibility index (Phi) is 3.84. The SMILES string of the molecule is COc1ccc(-c2c(C(=O)[O-])n(C(C)(C)C)c3ccccc23)cc1. The number of aromatic carboxylic acids is 1. The number of fused-ring (bicyclic) bond motifs is 1. The fourth-order valence-corrected chi connectivity index (χ4v) is 3.18. The minimum Gasteiger partial charge on any atom is -0.543 e. The van der Waals surface area contributed by atoms with Crippen LogP contribution in [-0.2, 0) is 5.54 Å². The fourth-order valence-electron chi connectivity index (χ4n) is 3.18. The molecule has 0 saturated heterocycles. The van der Waals surface area contributed by atoms with E-state index in [9.17, 15) is 9.90 Å². The molecular weight excluding hydrogens is 302 g/mol. The molecule has 0 amide bonds. The number of carbonyl (C=O) groups is 1. The lowest BCUT2D eigenvalue weighted by atomic mass is 10.0. The summed E-state index contributed by atoms with van der Waals surface area (Å²) in [6.45, 7) is 5.97. The van der Waals surface area contributed by atoms with E-state index < -0.39 is 5.97 Å². The maximum absolute atomic E-state index is 12.0. The summed E-state index contributed by atoms with van der Waals surface area (Å²) in [4.78, 5) is 12.0. The fraction of sp³-hybridized carbons (Fsp3) is 0.250. The van der Waals surface area contributed by atoms with E-state index >= 15 is 0 Å². The summed E-state index contributed by atoms with van der Waals surface area (Å²) >= 11 is 0. The molecule has 0 fully saturated rings. The van der Waals surface area contributed by atoms with Crippen molar-refractivity contribution in [1.29, 1.82) is 0 Å². The zero-order valence-electron chi connectivity index (χ0n) is 14.3. The van der Waals surface area contributed by atoms with Crippen molar-refractivity contribution in [3.05, 3.63) is 54.2 Å². The Labute approximate surface area is 141 Å². The molecule has 0 aliphatic rings. The summed E-state index contributed by atoms with van der Waals surface area (Å²) in [7, 11) is 1.60. The Hall–Kier alpha value is -2.75. The molecule has 2 aromatic carbocycles. The Balaban J connectivity index is 2.42. The minimum atomic E-state index is -1.17. The van der Waals surface area contributed by atoms with Gasteiger partial charge in [0.25, 0.3) is 0 Å². The van der Waals surface area contributed by atoms with Gasteiger partial charge in [0.15, 0.2) is 0 Å². The van der Waals surface area contributed by atoms with E-state index in [0.717, 1.165) is 22.2 Å². The van der Waals surface area contributed by atoms with Crippen molar-refractivity contribution in [1.82, 2.24) is 4.57 Å². The number of nitrogens with zero attached hydrogens (tertiary/aromatic N) is 1. The largest absolute Gasteiger partial charge is 0.543 e. The van der Waals surface area contributed by atoms with Crippen LogP contribution in [0.25, 0.3) is 22.0 Å². The first-order valence-electron chi connectivity index (χ1n) is 7.84. The van der Waals surface area contributed by atoms with Crippen molar-refractivity contribution in [3.8, 4) is 16.9 Å². The first-order chi connectivity index (χ1) is 11.3. The third-order valence-electron chi connectivity index (χ3n) is 4.12. The highest BCUT2D eigenvalue weighted by Crippen LogP contribution is 2.38. The van der Waals surface area contributed by atoms with Gasteiger partial charge < -0.3 is 19.2 Å². The molecule has 24 heavy (non-hydrogen) atoms. The second kappa shape index (κ2) is 5.71. The smallest absolute Gasteiger partial charge is 0.118 e. The summed E-state index contributed by atoms with van der Waals surface area (Å²) in [5.74, 6) is -0.444. The Morgan fingerprint density at radius 3 is 2.21 bits per heavy atom. The molecule has 0 aliphatic carbocycles. The van der Waals surface area contributed by atoms with E-state index in [2.05, 4.69) is 0 Å². The van der Waals surface area contributed by atoms with Gasteiger partial charge in [0, 0.05) is 22.0 Å². The van der Waals surface area contributed by atoms with E-state index in [1.165, 1.54) is 0 Å². The molecular formula is C20H20NO3-. The van der Waals surface area contributed by atoms with Crippen LogP contribution in [0.5, 0.6) is 5.75 Å². The highest BCUT2D eigenvalue weighted by atomic mass is 16.5. The maximum atomic E-state index is 12.0. The van der Waals surface area contributed by atoms with E-state index in [1.54, 1.807) is 7.11 Å². The van der Waals surface area contributed by atoms with Gasteiger partial charge in [-0.15, -0.1) is 0 Å². The normalized spacial score (nSPS) is 11.7. The molecule has 0 bridgehead atoms. The van der Waals surface area contributed by atoms with Crippen molar-refractivity contribution >= 4 is 16.9 Å². The molecule has 3 aromatic rings. The standard InChI is InChI=1S/C20H21NO3/c1-20(2,3)21-16-8-6-5-7-15(16)17(18(21)19(22)23)13-9-11-14(24-4)12-10-13/h5-12H,1-4H3,(H,22,23)/p-1. The molecule has 0 aliphatic heterocycles. The Bertz CT molecular complexity index is 899. The van der Waals surface area contributed by atoms with Crippen molar-refractivity contribution in [2.45, 2.75) is 26.3 Å². The van der Waals surface area contributed by atoms with E-state index in [4.69, 9.17) is 4.74 Å². The van der Waals surface area contributed by atoms with E-state index in [-0.39, 0.29) is 11.2 Å². The van der Waals surface area contributed by atoms with Gasteiger partial charge in [0.2, 0.25) is 0 Å². The molecule has 0 saturated carbocycles. The quantitative estimate of drug-likeness (QED) is 0.742. The molecule has 1 heterocycles. The van der Waals surface area contributed by atoms with Gasteiger partial charge in [-0.1, -0.05) is 30.3 Å². The number of aromatic nitrogens is 1. The zero-order chi connectivity index (χ0) is 17.5. The van der Waals surface area contributed by atoms with Crippen LogP contribution >= 0.6 is 0 Å². The molecule has 0 spiro atoms. The summed E-state index contributed by atoms with van der Waals surface area (Å²) < 4.78 is 7.04. The monoisotopic (exact) mass is 322 g/mol. The Morgan fingerprint density at radius 2 is 1.67 bits per heavy atom. The second-order valence-electron chi connectivity index (χ2n) is 6.76. The number of ether oxygens (including phenoxy) is 1. The number of para-hydroxylation sites is 1. The lowest BCUT2D eigenvalue weighted by Crippen LogP contribution is -2.32. The van der Waals surface area contributed by atoms with Crippen molar-refractivity contribution in [3.63, 3.8) is 0 Å². The van der Waals surface area contributed by atoms with E-state index in [1.807, 2.05) is 73.9 Å². The first-order valence-corrected chi connectivity index (χ1v) is 7.84. The predicted molar refractivity (Wildman–Crippen MR) is 93.3 cm³/mol. The van der Waals surface area contributed by atoms with E-state index in [0.29, 0.717) is 5.56 Å². The van der Waals surface area contributed by atoms with Gasteiger partial charge in [-0.2, -0.15) is 0 Å². The molecule has 124 valence electrons. The van der Waals surface area contributed by atoms with Gasteiger partial charge in [-0.3, -0.25) is 0 Å². The third kappa shape index (κ3) is 2.54. The summed E-state index contributed by atoms with van der Waals surface area (Å²) in [6, 6.07) is 15.1. The van der Waals surface area contributed by atoms with Crippen molar-refractivity contribution < 1.29 is 14.6 Å². The van der Waals surface area contributed by atoms with Gasteiger partial charge in [0.1, 0.15) is 5.75 Å². The number of carboxylic acids is 1. The predicted octanol–water partition coefficient (Wildman–Crippen LogP) is 3.44. The van der Waals surface area contributed by atoms with Crippen LogP contribution in [0.2, 0.25) is 0 Å². The van der Waals surface area contributed by atoms with Crippen LogP contribution in [0, 0.1) is 0 Å². The molecule has 0 unspecified atom stereocenters. The topological polar surface area (TPSA) is 54.3 Å². The number of carbonyl (C=O) groups excluding carboxylic acids is 1. The van der Waals surface area contributed by atoms with Crippen LogP contribution in [-0.4, -0.2) is 17.6 Å². The molecule has 1 aromatic heterocycles. The highest BCUT2D eigenvalue weighted by molar-refractivity contribution is 6.07. The molecule has 4 heteroatoms. The third-order valence-corrected chi connectivity index (χ3v) is 4.12. The van der Waals surface area contributed by atoms with Crippen molar-refractivity contribution in [2.75, 3.05) is 7.11 Å². The zero-order valence-corrected chi connectivity index (χ0v) is 14.3. The van der Waals surface area contributed by atoms with Crippen LogP contribution in [0.3, 0.4) is 0 Å². The molecule has 0 N–H and O–H groups in total. The lowest BCUT2D eigenvalue weighted by Gasteiger charge is -2.26. The number of rotatable bonds is 3. The second-order valence-corrected chi connectivity index (χ2v) is 6.76. The molecule has 3 rings (SSSR count). The Morgan fingerprint density at radius 1 is 1.04 bits per heavy atom. The molecule has 4 nitrogen and oxygen atoms in total. The van der Waals surface area contributed by atoms with Gasteiger partial charge in [0.05, 0.1) is 18.8 Å².